The van der Waals surface area contributed by atoms with Crippen molar-refractivity contribution >= 4 is 17.6 Å². The maximum atomic E-state index is 11.9. The summed E-state index contributed by atoms with van der Waals surface area (Å²) < 4.78 is 4.83. The van der Waals surface area contributed by atoms with Crippen LogP contribution in [-0.2, 0) is 9.59 Å². The van der Waals surface area contributed by atoms with E-state index in [-0.39, 0.29) is 18.4 Å². The van der Waals surface area contributed by atoms with Gasteiger partial charge in [-0.3, -0.25) is 9.59 Å². The predicted molar refractivity (Wildman–Crippen MR) is 67.0 cm³/mol. The summed E-state index contributed by atoms with van der Waals surface area (Å²) in [5, 5.41) is 6.21. The number of anilines is 1. The molecule has 0 aliphatic carbocycles. The van der Waals surface area contributed by atoms with Crippen LogP contribution in [0.3, 0.4) is 0 Å². The van der Waals surface area contributed by atoms with Crippen molar-refractivity contribution in [2.24, 2.45) is 5.41 Å². The van der Waals surface area contributed by atoms with E-state index in [2.05, 4.69) is 10.5 Å². The molecule has 0 atom stereocenters. The van der Waals surface area contributed by atoms with Crippen LogP contribution in [0.25, 0.3) is 0 Å². The van der Waals surface area contributed by atoms with Gasteiger partial charge in [0.25, 0.3) is 0 Å². The van der Waals surface area contributed by atoms with Crippen LogP contribution in [0.5, 0.6) is 0 Å². The Morgan fingerprint density at radius 1 is 1.44 bits per heavy atom. The van der Waals surface area contributed by atoms with Gasteiger partial charge in [-0.05, 0) is 6.92 Å². The van der Waals surface area contributed by atoms with E-state index in [0.29, 0.717) is 11.6 Å². The van der Waals surface area contributed by atoms with E-state index in [0.717, 1.165) is 0 Å². The largest absolute Gasteiger partial charge is 0.360 e. The molecule has 100 valence electrons. The molecule has 1 N–H and O–H groups in total. The monoisotopic (exact) mass is 253 g/mol. The fraction of sp³-hybridized carbons (Fsp3) is 0.583. The van der Waals surface area contributed by atoms with E-state index >= 15 is 0 Å². The number of nitrogens with one attached hydrogen (secondary N) is 1. The summed E-state index contributed by atoms with van der Waals surface area (Å²) >= 11 is 0. The molecular weight excluding hydrogens is 234 g/mol. The highest BCUT2D eigenvalue weighted by atomic mass is 16.5. The molecule has 2 amide bonds. The number of hydrogen-bond donors (Lipinski definition) is 1. The molecule has 0 saturated carbocycles. The summed E-state index contributed by atoms with van der Waals surface area (Å²) in [5.74, 6) is 0.580. The zero-order chi connectivity index (χ0) is 13.9. The van der Waals surface area contributed by atoms with Gasteiger partial charge in [0.05, 0.1) is 6.54 Å². The number of carbonyl (C=O) groups excluding carboxylic acids is 2. The first-order valence-corrected chi connectivity index (χ1v) is 5.69. The van der Waals surface area contributed by atoms with E-state index in [1.54, 1.807) is 20.0 Å². The number of rotatable bonds is 3. The molecule has 18 heavy (non-hydrogen) atoms. The van der Waals surface area contributed by atoms with Crippen molar-refractivity contribution in [1.82, 2.24) is 10.1 Å². The van der Waals surface area contributed by atoms with Crippen LogP contribution in [-0.4, -0.2) is 35.5 Å². The average molecular weight is 253 g/mol. The fourth-order valence-corrected chi connectivity index (χ4v) is 1.47. The van der Waals surface area contributed by atoms with Gasteiger partial charge < -0.3 is 14.7 Å². The topological polar surface area (TPSA) is 75.4 Å². The fourth-order valence-electron chi connectivity index (χ4n) is 1.47. The first kappa shape index (κ1) is 14.2. The van der Waals surface area contributed by atoms with E-state index in [1.165, 1.54) is 4.90 Å². The van der Waals surface area contributed by atoms with Crippen LogP contribution in [0.1, 0.15) is 26.5 Å². The number of amides is 2. The second-order valence-electron chi connectivity index (χ2n) is 5.28. The minimum atomic E-state index is -0.500. The number of hydrogen-bond acceptors (Lipinski definition) is 4. The third-order valence-corrected chi connectivity index (χ3v) is 2.26. The van der Waals surface area contributed by atoms with E-state index in [4.69, 9.17) is 4.52 Å². The van der Waals surface area contributed by atoms with Crippen LogP contribution in [0.2, 0.25) is 0 Å². The Labute approximate surface area is 106 Å². The van der Waals surface area contributed by atoms with Crippen LogP contribution in [0, 0.1) is 12.3 Å². The molecule has 0 aromatic carbocycles. The molecule has 0 fully saturated rings. The van der Waals surface area contributed by atoms with Crippen molar-refractivity contribution in [2.75, 3.05) is 18.9 Å². The summed E-state index contributed by atoms with van der Waals surface area (Å²) in [6.45, 7) is 7.15. The first-order valence-electron chi connectivity index (χ1n) is 5.69. The molecule has 0 radical (unpaired) electrons. The molecular formula is C12H19N3O3. The van der Waals surface area contributed by atoms with E-state index in [9.17, 15) is 9.59 Å². The number of carbonyl (C=O) groups is 2. The Kier molecular flexibility index (Phi) is 4.11. The van der Waals surface area contributed by atoms with Crippen molar-refractivity contribution in [1.29, 1.82) is 0 Å². The second-order valence-corrected chi connectivity index (χ2v) is 5.28. The van der Waals surface area contributed by atoms with Crippen LogP contribution < -0.4 is 5.32 Å². The third kappa shape index (κ3) is 3.87. The van der Waals surface area contributed by atoms with Gasteiger partial charge in [-0.15, -0.1) is 0 Å². The van der Waals surface area contributed by atoms with Gasteiger partial charge in [-0.1, -0.05) is 25.9 Å². The smallest absolute Gasteiger partial charge is 0.245 e. The number of nitrogens with zero attached hydrogens (tertiary/aromatic N) is 2. The number of aromatic nitrogens is 1. The van der Waals surface area contributed by atoms with Gasteiger partial charge in [0.1, 0.15) is 5.76 Å². The van der Waals surface area contributed by atoms with Gasteiger partial charge in [0, 0.05) is 18.5 Å². The molecule has 0 bridgehead atoms. The van der Waals surface area contributed by atoms with Crippen LogP contribution in [0.15, 0.2) is 10.6 Å². The molecule has 1 aromatic rings. The lowest BCUT2D eigenvalue weighted by Gasteiger charge is -2.25. The highest BCUT2D eigenvalue weighted by Gasteiger charge is 2.26. The van der Waals surface area contributed by atoms with Crippen molar-refractivity contribution in [3.8, 4) is 0 Å². The Balaban J connectivity index is 2.53. The molecule has 0 spiro atoms. The van der Waals surface area contributed by atoms with E-state index in [1.807, 2.05) is 20.8 Å². The quantitative estimate of drug-likeness (QED) is 0.884. The SMILES string of the molecule is Cc1cc(NC(=O)CN(C)C(=O)C(C)(C)C)no1. The minimum absolute atomic E-state index is 0.0119. The number of aryl methyl sites for hydroxylation is 1. The molecule has 0 aliphatic heterocycles. The average Bonchev–Trinajstić information content (AvgIpc) is 2.61. The van der Waals surface area contributed by atoms with Gasteiger partial charge in [-0.2, -0.15) is 0 Å². The summed E-state index contributed by atoms with van der Waals surface area (Å²) in [4.78, 5) is 24.9. The van der Waals surface area contributed by atoms with Crippen molar-refractivity contribution in [3.63, 3.8) is 0 Å². The Bertz CT molecular complexity index is 446. The summed E-state index contributed by atoms with van der Waals surface area (Å²) in [6.07, 6.45) is 0. The van der Waals surface area contributed by atoms with Gasteiger partial charge >= 0.3 is 0 Å². The molecule has 0 unspecified atom stereocenters. The molecule has 0 saturated heterocycles. The van der Waals surface area contributed by atoms with E-state index < -0.39 is 5.41 Å². The maximum absolute atomic E-state index is 11.9. The summed E-state index contributed by atoms with van der Waals surface area (Å²) in [7, 11) is 1.60. The number of likely N-dealkylation sites (N-methyl/N-ethyl adjacent to an activating group) is 1. The Morgan fingerprint density at radius 3 is 2.50 bits per heavy atom. The molecule has 1 rings (SSSR count). The highest BCUT2D eigenvalue weighted by molar-refractivity contribution is 5.94. The third-order valence-electron chi connectivity index (χ3n) is 2.26. The normalized spacial score (nSPS) is 11.2. The summed E-state index contributed by atoms with van der Waals surface area (Å²) in [6, 6.07) is 1.61. The molecule has 0 aliphatic rings. The standard InChI is InChI=1S/C12H19N3O3/c1-8-6-9(14-18-8)13-10(16)7-15(5)11(17)12(2,3)4/h6H,7H2,1-5H3,(H,13,14,16). The lowest BCUT2D eigenvalue weighted by atomic mass is 9.95. The zero-order valence-corrected chi connectivity index (χ0v) is 11.4. The van der Waals surface area contributed by atoms with Crippen molar-refractivity contribution < 1.29 is 14.1 Å². The molecule has 6 heteroatoms. The molecule has 1 heterocycles. The van der Waals surface area contributed by atoms with Gasteiger partial charge in [0.2, 0.25) is 11.8 Å². The predicted octanol–water partition coefficient (Wildman–Crippen LogP) is 1.43. The second kappa shape index (κ2) is 5.20. The lowest BCUT2D eigenvalue weighted by molar-refractivity contribution is -0.140. The minimum Gasteiger partial charge on any atom is -0.360 e. The zero-order valence-electron chi connectivity index (χ0n) is 11.4. The molecule has 6 nitrogen and oxygen atoms in total. The van der Waals surface area contributed by atoms with Crippen molar-refractivity contribution in [3.05, 3.63) is 11.8 Å². The van der Waals surface area contributed by atoms with Crippen LogP contribution >= 0.6 is 0 Å². The Morgan fingerprint density at radius 2 is 2.06 bits per heavy atom. The highest BCUT2D eigenvalue weighted by Crippen LogP contribution is 2.16. The lowest BCUT2D eigenvalue weighted by Crippen LogP contribution is -2.41. The maximum Gasteiger partial charge on any atom is 0.245 e. The van der Waals surface area contributed by atoms with Crippen LogP contribution in [0.4, 0.5) is 5.82 Å². The van der Waals surface area contributed by atoms with Gasteiger partial charge in [-0.25, -0.2) is 0 Å². The Hall–Kier alpha value is -1.85. The summed E-state index contributed by atoms with van der Waals surface area (Å²) in [5.41, 5.74) is -0.500. The first-order chi connectivity index (χ1) is 8.20. The van der Waals surface area contributed by atoms with Crippen molar-refractivity contribution in [2.45, 2.75) is 27.7 Å². The molecule has 1 aromatic heterocycles. The van der Waals surface area contributed by atoms with Gasteiger partial charge in [0.15, 0.2) is 5.82 Å².